The second kappa shape index (κ2) is 5.41. The number of rotatable bonds is 4. The summed E-state index contributed by atoms with van der Waals surface area (Å²) in [7, 11) is 1.57. The van der Waals surface area contributed by atoms with Crippen LogP contribution in [0.2, 0.25) is 0 Å². The molecule has 0 aliphatic rings. The lowest BCUT2D eigenvalue weighted by molar-refractivity contribution is -0.122. The van der Waals surface area contributed by atoms with Crippen LogP contribution in [0.1, 0.15) is 12.5 Å². The summed E-state index contributed by atoms with van der Waals surface area (Å²) in [6.07, 6.45) is 2.71. The zero-order valence-electron chi connectivity index (χ0n) is 8.75. The molecule has 15 heavy (non-hydrogen) atoms. The van der Waals surface area contributed by atoms with Gasteiger partial charge >= 0.3 is 0 Å². The van der Waals surface area contributed by atoms with Gasteiger partial charge in [0.25, 0.3) is 0 Å². The van der Waals surface area contributed by atoms with E-state index in [1.807, 2.05) is 0 Å². The Morgan fingerprint density at radius 1 is 1.60 bits per heavy atom. The van der Waals surface area contributed by atoms with Gasteiger partial charge in [-0.2, -0.15) is 0 Å². The van der Waals surface area contributed by atoms with Crippen molar-refractivity contribution in [2.45, 2.75) is 19.5 Å². The van der Waals surface area contributed by atoms with Crippen LogP contribution in [-0.2, 0) is 11.3 Å². The summed E-state index contributed by atoms with van der Waals surface area (Å²) in [5.41, 5.74) is 0.714. The number of pyridine rings is 1. The molecule has 1 amide bonds. The van der Waals surface area contributed by atoms with Crippen LogP contribution in [0, 0.1) is 5.82 Å². The van der Waals surface area contributed by atoms with E-state index in [0.717, 1.165) is 6.20 Å². The molecule has 0 spiro atoms. The number of aromatic nitrogens is 1. The highest BCUT2D eigenvalue weighted by Gasteiger charge is 2.09. The van der Waals surface area contributed by atoms with E-state index in [4.69, 9.17) is 0 Å². The fourth-order valence-corrected chi connectivity index (χ4v) is 1.13. The van der Waals surface area contributed by atoms with Gasteiger partial charge in [-0.15, -0.1) is 0 Å². The van der Waals surface area contributed by atoms with Crippen molar-refractivity contribution in [1.29, 1.82) is 0 Å². The molecule has 0 bridgehead atoms. The molecule has 1 rings (SSSR count). The smallest absolute Gasteiger partial charge is 0.236 e. The minimum absolute atomic E-state index is 0.0978. The molecular formula is C10H14FN3O. The fourth-order valence-electron chi connectivity index (χ4n) is 1.13. The first-order valence-electron chi connectivity index (χ1n) is 4.68. The maximum atomic E-state index is 12.7. The Labute approximate surface area is 87.9 Å². The predicted molar refractivity (Wildman–Crippen MR) is 54.6 cm³/mol. The predicted octanol–water partition coefficient (Wildman–Crippen LogP) is 0.445. The number of carbonyl (C=O) groups excluding carboxylic acids is 1. The maximum absolute atomic E-state index is 12.7. The van der Waals surface area contributed by atoms with Gasteiger partial charge in [-0.25, -0.2) is 4.39 Å². The Balaban J connectivity index is 2.47. The number of hydrogen-bond acceptors (Lipinski definition) is 3. The molecule has 0 aliphatic carbocycles. The molecule has 0 aromatic carbocycles. The second-order valence-corrected chi connectivity index (χ2v) is 3.23. The normalized spacial score (nSPS) is 12.2. The van der Waals surface area contributed by atoms with Gasteiger partial charge in [0.05, 0.1) is 12.2 Å². The van der Waals surface area contributed by atoms with Crippen LogP contribution in [-0.4, -0.2) is 24.0 Å². The highest BCUT2D eigenvalue weighted by atomic mass is 19.1. The third-order valence-electron chi connectivity index (χ3n) is 2.01. The first-order valence-corrected chi connectivity index (χ1v) is 4.68. The first kappa shape index (κ1) is 11.6. The summed E-state index contributed by atoms with van der Waals surface area (Å²) >= 11 is 0. The molecule has 0 radical (unpaired) electrons. The van der Waals surface area contributed by atoms with E-state index in [1.54, 1.807) is 20.2 Å². The quantitative estimate of drug-likeness (QED) is 0.760. The molecule has 2 N–H and O–H groups in total. The van der Waals surface area contributed by atoms with Crippen molar-refractivity contribution in [3.05, 3.63) is 29.8 Å². The van der Waals surface area contributed by atoms with E-state index in [1.165, 1.54) is 6.07 Å². The number of hydrogen-bond donors (Lipinski definition) is 2. The summed E-state index contributed by atoms with van der Waals surface area (Å²) in [4.78, 5) is 14.8. The number of halogens is 1. The number of carbonyl (C=O) groups is 1. The van der Waals surface area contributed by atoms with Crippen molar-refractivity contribution in [1.82, 2.24) is 15.6 Å². The standard InChI is InChI=1S/C10H14FN3O/c1-7(10(15)12-2)14-5-8-3-9(11)6-13-4-8/h3-4,6-7,14H,5H2,1-2H3,(H,12,15). The molecule has 0 aliphatic heterocycles. The summed E-state index contributed by atoms with van der Waals surface area (Å²) in [6.45, 7) is 2.16. The van der Waals surface area contributed by atoms with Gasteiger partial charge in [0.1, 0.15) is 5.82 Å². The molecule has 4 nitrogen and oxygen atoms in total. The highest BCUT2D eigenvalue weighted by molar-refractivity contribution is 5.80. The van der Waals surface area contributed by atoms with E-state index < -0.39 is 0 Å². The lowest BCUT2D eigenvalue weighted by Gasteiger charge is -2.11. The van der Waals surface area contributed by atoms with Gasteiger partial charge in [0.2, 0.25) is 5.91 Å². The molecule has 1 unspecified atom stereocenters. The summed E-state index contributed by atoms with van der Waals surface area (Å²) < 4.78 is 12.7. The Kier molecular flexibility index (Phi) is 4.17. The van der Waals surface area contributed by atoms with Crippen LogP contribution in [0.4, 0.5) is 4.39 Å². The van der Waals surface area contributed by atoms with Crippen molar-refractivity contribution in [3.8, 4) is 0 Å². The third kappa shape index (κ3) is 3.63. The Bertz CT molecular complexity index is 343. The monoisotopic (exact) mass is 211 g/mol. The topological polar surface area (TPSA) is 54.0 Å². The summed E-state index contributed by atoms with van der Waals surface area (Å²) in [6, 6.07) is 1.08. The van der Waals surface area contributed by atoms with Crippen molar-refractivity contribution >= 4 is 5.91 Å². The van der Waals surface area contributed by atoms with Gasteiger partial charge in [0.15, 0.2) is 0 Å². The van der Waals surface area contributed by atoms with E-state index >= 15 is 0 Å². The van der Waals surface area contributed by atoms with Crippen LogP contribution >= 0.6 is 0 Å². The Morgan fingerprint density at radius 3 is 2.93 bits per heavy atom. The molecule has 5 heteroatoms. The van der Waals surface area contributed by atoms with Crippen LogP contribution in [0.3, 0.4) is 0 Å². The largest absolute Gasteiger partial charge is 0.358 e. The van der Waals surface area contributed by atoms with Crippen LogP contribution < -0.4 is 10.6 Å². The molecule has 1 aromatic heterocycles. The Hall–Kier alpha value is -1.49. The average Bonchev–Trinajstić information content (AvgIpc) is 2.25. The van der Waals surface area contributed by atoms with Crippen molar-refractivity contribution in [2.75, 3.05) is 7.05 Å². The molecular weight excluding hydrogens is 197 g/mol. The van der Waals surface area contributed by atoms with Gasteiger partial charge in [-0.1, -0.05) is 0 Å². The van der Waals surface area contributed by atoms with E-state index in [-0.39, 0.29) is 17.8 Å². The van der Waals surface area contributed by atoms with Gasteiger partial charge in [-0.05, 0) is 18.6 Å². The lowest BCUT2D eigenvalue weighted by Crippen LogP contribution is -2.40. The Morgan fingerprint density at radius 2 is 2.33 bits per heavy atom. The molecule has 0 saturated carbocycles. The van der Waals surface area contributed by atoms with Gasteiger partial charge < -0.3 is 10.6 Å². The minimum Gasteiger partial charge on any atom is -0.358 e. The molecule has 1 heterocycles. The third-order valence-corrected chi connectivity index (χ3v) is 2.01. The SMILES string of the molecule is CNC(=O)C(C)NCc1cncc(F)c1. The van der Waals surface area contributed by atoms with E-state index in [9.17, 15) is 9.18 Å². The van der Waals surface area contributed by atoms with Crippen molar-refractivity contribution in [2.24, 2.45) is 0 Å². The number of nitrogens with one attached hydrogen (secondary N) is 2. The summed E-state index contributed by atoms with van der Waals surface area (Å²) in [5.74, 6) is -0.471. The second-order valence-electron chi connectivity index (χ2n) is 3.23. The van der Waals surface area contributed by atoms with Crippen molar-refractivity contribution in [3.63, 3.8) is 0 Å². The number of nitrogens with zero attached hydrogens (tertiary/aromatic N) is 1. The zero-order chi connectivity index (χ0) is 11.3. The fraction of sp³-hybridized carbons (Fsp3) is 0.400. The van der Waals surface area contributed by atoms with Gasteiger partial charge in [0, 0.05) is 19.8 Å². The van der Waals surface area contributed by atoms with E-state index in [2.05, 4.69) is 15.6 Å². The van der Waals surface area contributed by atoms with Gasteiger partial charge in [-0.3, -0.25) is 9.78 Å². The first-order chi connectivity index (χ1) is 7.13. The number of likely N-dealkylation sites (N-methyl/N-ethyl adjacent to an activating group) is 1. The molecule has 0 fully saturated rings. The maximum Gasteiger partial charge on any atom is 0.236 e. The molecule has 0 saturated heterocycles. The van der Waals surface area contributed by atoms with Crippen LogP contribution in [0.25, 0.3) is 0 Å². The highest BCUT2D eigenvalue weighted by Crippen LogP contribution is 2.00. The number of amides is 1. The zero-order valence-corrected chi connectivity index (χ0v) is 8.75. The molecule has 82 valence electrons. The van der Waals surface area contributed by atoms with Crippen molar-refractivity contribution < 1.29 is 9.18 Å². The van der Waals surface area contributed by atoms with Crippen LogP contribution in [0.5, 0.6) is 0 Å². The molecule has 1 atom stereocenters. The average molecular weight is 211 g/mol. The van der Waals surface area contributed by atoms with Crippen LogP contribution in [0.15, 0.2) is 18.5 Å². The molecule has 1 aromatic rings. The lowest BCUT2D eigenvalue weighted by atomic mass is 10.2. The van der Waals surface area contributed by atoms with E-state index in [0.29, 0.717) is 12.1 Å². The summed E-state index contributed by atoms with van der Waals surface area (Å²) in [5, 5.41) is 5.48. The minimum atomic E-state index is -0.373.